The van der Waals surface area contributed by atoms with E-state index >= 15 is 0 Å². The quantitative estimate of drug-likeness (QED) is 0.638. The van der Waals surface area contributed by atoms with Crippen molar-refractivity contribution in [2.45, 2.75) is 44.0 Å². The van der Waals surface area contributed by atoms with Crippen molar-refractivity contribution in [3.63, 3.8) is 0 Å². The second-order valence-electron chi connectivity index (χ2n) is 6.85. The molecule has 0 spiro atoms. The summed E-state index contributed by atoms with van der Waals surface area (Å²) in [5, 5.41) is 3.22. The molecule has 2 aromatic carbocycles. The van der Waals surface area contributed by atoms with Crippen LogP contribution in [0.5, 0.6) is 0 Å². The number of benzene rings is 2. The number of aliphatic imine (C=N–C) groups is 1. The molecule has 0 unspecified atom stereocenters. The highest BCUT2D eigenvalue weighted by atomic mass is 32.2. The molecule has 2 aromatic rings. The van der Waals surface area contributed by atoms with E-state index in [9.17, 15) is 8.42 Å². The van der Waals surface area contributed by atoms with Gasteiger partial charge in [-0.05, 0) is 67.0 Å². The van der Waals surface area contributed by atoms with Crippen LogP contribution in [0.2, 0.25) is 0 Å². The Morgan fingerprint density at radius 1 is 1.19 bits per heavy atom. The van der Waals surface area contributed by atoms with Gasteiger partial charge in [0.2, 0.25) is 0 Å². The SMILES string of the molecule is Cc1cc(CN=C(N)Nc2cccc3c2CCCC3)ccc1S(C)(=O)=O. The van der Waals surface area contributed by atoms with Gasteiger partial charge in [0.25, 0.3) is 0 Å². The Morgan fingerprint density at radius 3 is 2.69 bits per heavy atom. The minimum atomic E-state index is -3.20. The second-order valence-corrected chi connectivity index (χ2v) is 8.83. The first-order chi connectivity index (χ1) is 12.3. The second kappa shape index (κ2) is 7.50. The number of aryl methyl sites for hydroxylation is 2. The van der Waals surface area contributed by atoms with E-state index in [1.54, 1.807) is 19.1 Å². The van der Waals surface area contributed by atoms with Crippen molar-refractivity contribution in [2.24, 2.45) is 10.7 Å². The van der Waals surface area contributed by atoms with Crippen LogP contribution < -0.4 is 11.1 Å². The Morgan fingerprint density at radius 2 is 1.96 bits per heavy atom. The van der Waals surface area contributed by atoms with Crippen LogP contribution in [0.1, 0.15) is 35.1 Å². The fraction of sp³-hybridized carbons (Fsp3) is 0.350. The summed E-state index contributed by atoms with van der Waals surface area (Å²) in [4.78, 5) is 4.76. The highest BCUT2D eigenvalue weighted by Crippen LogP contribution is 2.27. The molecule has 0 fully saturated rings. The number of hydrogen-bond acceptors (Lipinski definition) is 3. The maximum Gasteiger partial charge on any atom is 0.193 e. The van der Waals surface area contributed by atoms with Crippen molar-refractivity contribution in [3.8, 4) is 0 Å². The molecule has 26 heavy (non-hydrogen) atoms. The molecule has 0 saturated carbocycles. The smallest absolute Gasteiger partial charge is 0.193 e. The molecule has 0 amide bonds. The van der Waals surface area contributed by atoms with Crippen LogP contribution in [0.3, 0.4) is 0 Å². The van der Waals surface area contributed by atoms with Gasteiger partial charge < -0.3 is 11.1 Å². The van der Waals surface area contributed by atoms with E-state index in [4.69, 9.17) is 5.73 Å². The van der Waals surface area contributed by atoms with Crippen molar-refractivity contribution in [1.82, 2.24) is 0 Å². The monoisotopic (exact) mass is 371 g/mol. The zero-order valence-corrected chi connectivity index (χ0v) is 16.1. The van der Waals surface area contributed by atoms with Crippen molar-refractivity contribution < 1.29 is 8.42 Å². The van der Waals surface area contributed by atoms with Gasteiger partial charge in [-0.1, -0.05) is 24.3 Å². The molecule has 0 aliphatic heterocycles. The Labute approximate surface area is 155 Å². The predicted octanol–water partition coefficient (Wildman–Crippen LogP) is 3.20. The van der Waals surface area contributed by atoms with Crippen molar-refractivity contribution in [2.75, 3.05) is 11.6 Å². The number of nitrogens with zero attached hydrogens (tertiary/aromatic N) is 1. The summed E-state index contributed by atoms with van der Waals surface area (Å²) in [6.45, 7) is 2.19. The molecule has 5 nitrogen and oxygen atoms in total. The van der Waals surface area contributed by atoms with Gasteiger partial charge in [0.15, 0.2) is 15.8 Å². The van der Waals surface area contributed by atoms with E-state index in [-0.39, 0.29) is 0 Å². The highest BCUT2D eigenvalue weighted by molar-refractivity contribution is 7.90. The average Bonchev–Trinajstić information content (AvgIpc) is 2.59. The zero-order valence-electron chi connectivity index (χ0n) is 15.2. The standard InChI is InChI=1S/C20H25N3O2S/c1-14-12-15(10-11-19(14)26(2,24)25)13-22-20(21)23-18-9-5-7-16-6-3-4-8-17(16)18/h5,7,9-12H,3-4,6,8,13H2,1-2H3,(H3,21,22,23). The lowest BCUT2D eigenvalue weighted by atomic mass is 9.90. The normalized spacial score (nSPS) is 14.8. The van der Waals surface area contributed by atoms with Crippen LogP contribution in [0, 0.1) is 6.92 Å². The van der Waals surface area contributed by atoms with Gasteiger partial charge in [0, 0.05) is 11.9 Å². The summed E-state index contributed by atoms with van der Waals surface area (Å²) >= 11 is 0. The van der Waals surface area contributed by atoms with Crippen molar-refractivity contribution in [3.05, 3.63) is 58.7 Å². The molecule has 6 heteroatoms. The highest BCUT2D eigenvalue weighted by Gasteiger charge is 2.13. The lowest BCUT2D eigenvalue weighted by Crippen LogP contribution is -2.24. The zero-order chi connectivity index (χ0) is 18.7. The summed E-state index contributed by atoms with van der Waals surface area (Å²) in [7, 11) is -3.20. The maximum atomic E-state index is 11.7. The van der Waals surface area contributed by atoms with E-state index in [0.29, 0.717) is 17.4 Å². The third-order valence-corrected chi connectivity index (χ3v) is 5.99. The van der Waals surface area contributed by atoms with E-state index in [1.165, 1.54) is 30.2 Å². The third kappa shape index (κ3) is 4.25. The molecule has 1 aliphatic rings. The van der Waals surface area contributed by atoms with Crippen LogP contribution in [0.15, 0.2) is 46.3 Å². The van der Waals surface area contributed by atoms with Crippen molar-refractivity contribution in [1.29, 1.82) is 0 Å². The lowest BCUT2D eigenvalue weighted by molar-refractivity contribution is 0.601. The van der Waals surface area contributed by atoms with Gasteiger partial charge in [0.1, 0.15) is 0 Å². The Bertz CT molecular complexity index is 950. The van der Waals surface area contributed by atoms with Crippen LogP contribution >= 0.6 is 0 Å². The third-order valence-electron chi connectivity index (χ3n) is 4.73. The minimum Gasteiger partial charge on any atom is -0.370 e. The molecular formula is C20H25N3O2S. The number of rotatable bonds is 4. The number of anilines is 1. The summed E-state index contributed by atoms with van der Waals surface area (Å²) in [6, 6.07) is 11.5. The largest absolute Gasteiger partial charge is 0.370 e. The van der Waals surface area contributed by atoms with Gasteiger partial charge >= 0.3 is 0 Å². The fourth-order valence-corrected chi connectivity index (χ4v) is 4.44. The first-order valence-electron chi connectivity index (χ1n) is 8.82. The fourth-order valence-electron chi connectivity index (χ4n) is 3.48. The Kier molecular flexibility index (Phi) is 5.32. The number of nitrogens with two attached hydrogens (primary N) is 1. The van der Waals surface area contributed by atoms with E-state index < -0.39 is 9.84 Å². The molecule has 0 bridgehead atoms. The summed E-state index contributed by atoms with van der Waals surface area (Å²) in [5.41, 5.74) is 11.5. The van der Waals surface area contributed by atoms with Gasteiger partial charge in [0.05, 0.1) is 11.4 Å². The average molecular weight is 372 g/mol. The van der Waals surface area contributed by atoms with Crippen LogP contribution in [-0.2, 0) is 29.2 Å². The molecule has 3 N–H and O–H groups in total. The van der Waals surface area contributed by atoms with Crippen LogP contribution in [0.4, 0.5) is 5.69 Å². The molecule has 3 rings (SSSR count). The summed E-state index contributed by atoms with van der Waals surface area (Å²) < 4.78 is 23.4. The molecule has 138 valence electrons. The van der Waals surface area contributed by atoms with Gasteiger partial charge in [-0.25, -0.2) is 13.4 Å². The molecule has 0 radical (unpaired) electrons. The predicted molar refractivity (Wildman–Crippen MR) is 106 cm³/mol. The number of sulfone groups is 1. The van der Waals surface area contributed by atoms with Crippen molar-refractivity contribution >= 4 is 21.5 Å². The Hall–Kier alpha value is -2.34. The Balaban J connectivity index is 1.73. The van der Waals surface area contributed by atoms with Gasteiger partial charge in [-0.2, -0.15) is 0 Å². The number of nitrogens with one attached hydrogen (secondary N) is 1. The molecule has 0 aromatic heterocycles. The lowest BCUT2D eigenvalue weighted by Gasteiger charge is -2.19. The number of guanidine groups is 1. The van der Waals surface area contributed by atoms with Crippen LogP contribution in [0.25, 0.3) is 0 Å². The van der Waals surface area contributed by atoms with Gasteiger partial charge in [-0.15, -0.1) is 0 Å². The molecule has 0 atom stereocenters. The first kappa shape index (κ1) is 18.5. The van der Waals surface area contributed by atoms with Crippen LogP contribution in [-0.4, -0.2) is 20.6 Å². The van der Waals surface area contributed by atoms with E-state index in [0.717, 1.165) is 29.7 Å². The minimum absolute atomic E-state index is 0.354. The molecule has 1 aliphatic carbocycles. The topological polar surface area (TPSA) is 84.5 Å². The molecule has 0 heterocycles. The number of fused-ring (bicyclic) bond motifs is 1. The molecular weight excluding hydrogens is 346 g/mol. The van der Waals surface area contributed by atoms with Gasteiger partial charge in [-0.3, -0.25) is 0 Å². The first-order valence-corrected chi connectivity index (χ1v) is 10.7. The number of hydrogen-bond donors (Lipinski definition) is 2. The maximum absolute atomic E-state index is 11.7. The van der Waals surface area contributed by atoms with E-state index in [2.05, 4.69) is 16.4 Å². The van der Waals surface area contributed by atoms with E-state index in [1.807, 2.05) is 18.2 Å². The summed E-state index contributed by atoms with van der Waals surface area (Å²) in [5.74, 6) is 0.369. The summed E-state index contributed by atoms with van der Waals surface area (Å²) in [6.07, 6.45) is 5.85. The molecule has 0 saturated heterocycles.